The third-order valence-electron chi connectivity index (χ3n) is 3.88. The Bertz CT molecular complexity index is 309. The van der Waals surface area contributed by atoms with Crippen molar-refractivity contribution >= 4 is 7.82 Å². The highest BCUT2D eigenvalue weighted by Crippen LogP contribution is 2.54. The summed E-state index contributed by atoms with van der Waals surface area (Å²) in [5.74, 6) is 0. The highest BCUT2D eigenvalue weighted by molar-refractivity contribution is 7.48. The Morgan fingerprint density at radius 2 is 1.08 bits per heavy atom. The molecular weight excluding hydrogens is 323 g/mol. The van der Waals surface area contributed by atoms with Gasteiger partial charge in [0.2, 0.25) is 0 Å². The fourth-order valence-corrected chi connectivity index (χ4v) is 4.52. The Morgan fingerprint density at radius 1 is 0.667 bits per heavy atom. The van der Waals surface area contributed by atoms with E-state index in [1.807, 2.05) is 13.8 Å². The Kier molecular flexibility index (Phi) is 14.4. The summed E-state index contributed by atoms with van der Waals surface area (Å²) in [4.78, 5) is 0. The molecular formula is C19H41O4P. The van der Waals surface area contributed by atoms with Gasteiger partial charge in [0.05, 0.1) is 18.3 Å². The summed E-state index contributed by atoms with van der Waals surface area (Å²) in [5, 5.41) is 0. The van der Waals surface area contributed by atoms with E-state index < -0.39 is 7.82 Å². The second kappa shape index (κ2) is 14.3. The monoisotopic (exact) mass is 364 g/mol. The zero-order valence-electron chi connectivity index (χ0n) is 16.9. The van der Waals surface area contributed by atoms with E-state index in [4.69, 9.17) is 13.6 Å². The molecule has 0 fully saturated rings. The topological polar surface area (TPSA) is 44.8 Å². The maximum absolute atomic E-state index is 13.3. The smallest absolute Gasteiger partial charge is 0.284 e. The van der Waals surface area contributed by atoms with Gasteiger partial charge in [0.1, 0.15) is 0 Å². The summed E-state index contributed by atoms with van der Waals surface area (Å²) < 4.78 is 30.8. The molecule has 0 aliphatic rings. The van der Waals surface area contributed by atoms with Gasteiger partial charge in [-0.25, -0.2) is 4.57 Å². The van der Waals surface area contributed by atoms with Crippen molar-refractivity contribution in [3.8, 4) is 0 Å². The van der Waals surface area contributed by atoms with Crippen LogP contribution in [-0.2, 0) is 18.1 Å². The highest BCUT2D eigenvalue weighted by Gasteiger charge is 2.34. The maximum atomic E-state index is 13.3. The normalized spacial score (nSPS) is 17.0. The molecule has 4 nitrogen and oxygen atoms in total. The number of rotatable bonds is 16. The van der Waals surface area contributed by atoms with Crippen LogP contribution in [-0.4, -0.2) is 18.3 Å². The summed E-state index contributed by atoms with van der Waals surface area (Å²) in [5.41, 5.74) is 0. The lowest BCUT2D eigenvalue weighted by atomic mass is 10.1. The quantitative estimate of drug-likeness (QED) is 0.270. The largest absolute Gasteiger partial charge is 0.475 e. The van der Waals surface area contributed by atoms with E-state index in [1.165, 1.54) is 0 Å². The Hall–Kier alpha value is 0.110. The lowest BCUT2D eigenvalue weighted by molar-refractivity contribution is 0.0281. The van der Waals surface area contributed by atoms with E-state index in [0.29, 0.717) is 0 Å². The first kappa shape index (κ1) is 24.1. The fourth-order valence-electron chi connectivity index (χ4n) is 2.70. The van der Waals surface area contributed by atoms with E-state index in [-0.39, 0.29) is 18.3 Å². The molecule has 0 aliphatic carbocycles. The molecule has 0 saturated carbocycles. The molecule has 2 atom stereocenters. The molecule has 0 heterocycles. The van der Waals surface area contributed by atoms with Gasteiger partial charge in [-0.1, -0.05) is 66.2 Å². The van der Waals surface area contributed by atoms with E-state index in [9.17, 15) is 4.57 Å². The summed E-state index contributed by atoms with van der Waals surface area (Å²) in [6, 6.07) is 0. The Labute approximate surface area is 150 Å². The number of unbranched alkanes of at least 4 members (excludes halogenated alkanes) is 2. The van der Waals surface area contributed by atoms with Crippen molar-refractivity contribution in [2.24, 2.45) is 0 Å². The molecule has 2 unspecified atom stereocenters. The summed E-state index contributed by atoms with van der Waals surface area (Å²) in [6.07, 6.45) is 9.68. The first-order chi connectivity index (χ1) is 11.4. The third-order valence-corrected chi connectivity index (χ3v) is 5.67. The molecule has 0 saturated heterocycles. The summed E-state index contributed by atoms with van der Waals surface area (Å²) in [7, 11) is -3.53. The van der Waals surface area contributed by atoms with Gasteiger partial charge >= 0.3 is 7.82 Å². The Morgan fingerprint density at radius 3 is 1.38 bits per heavy atom. The van der Waals surface area contributed by atoms with Gasteiger partial charge < -0.3 is 0 Å². The standard InChI is InChI=1S/C19H41O4P/c1-7-11-15-18(13-9-3)22-24(20,21-17(5)6)23-19(14-10-4)16-12-8-2/h17-19H,7-16H2,1-6H3. The van der Waals surface area contributed by atoms with Crippen molar-refractivity contribution in [1.29, 1.82) is 0 Å². The molecule has 0 rings (SSSR count). The van der Waals surface area contributed by atoms with Crippen LogP contribution < -0.4 is 0 Å². The van der Waals surface area contributed by atoms with Gasteiger partial charge in [-0.15, -0.1) is 0 Å². The number of phosphoric ester groups is 1. The van der Waals surface area contributed by atoms with Crippen LogP contribution in [0.15, 0.2) is 0 Å². The van der Waals surface area contributed by atoms with Crippen LogP contribution in [0.25, 0.3) is 0 Å². The third kappa shape index (κ3) is 11.6. The van der Waals surface area contributed by atoms with Gasteiger partial charge in [0.15, 0.2) is 0 Å². The van der Waals surface area contributed by atoms with E-state index in [1.54, 1.807) is 0 Å². The highest BCUT2D eigenvalue weighted by atomic mass is 31.2. The lowest BCUT2D eigenvalue weighted by Crippen LogP contribution is -2.19. The first-order valence-corrected chi connectivity index (χ1v) is 11.5. The lowest BCUT2D eigenvalue weighted by Gasteiger charge is -2.28. The van der Waals surface area contributed by atoms with Crippen LogP contribution >= 0.6 is 7.82 Å². The van der Waals surface area contributed by atoms with Crippen molar-refractivity contribution in [2.45, 2.75) is 124 Å². The number of hydrogen-bond acceptors (Lipinski definition) is 4. The predicted octanol–water partition coefficient (Wildman–Crippen LogP) is 7.27. The van der Waals surface area contributed by atoms with Crippen LogP contribution in [0, 0.1) is 0 Å². The fraction of sp³-hybridized carbons (Fsp3) is 1.00. The molecule has 0 amide bonds. The van der Waals surface area contributed by atoms with Crippen LogP contribution in [0.2, 0.25) is 0 Å². The van der Waals surface area contributed by atoms with E-state index in [0.717, 1.165) is 64.2 Å². The molecule has 5 heteroatoms. The number of hydrogen-bond donors (Lipinski definition) is 0. The number of phosphoric acid groups is 1. The van der Waals surface area contributed by atoms with Crippen LogP contribution in [0.5, 0.6) is 0 Å². The SMILES string of the molecule is CCCCC(CCC)OP(=O)(OC(C)C)OC(CCC)CCCC. The maximum Gasteiger partial charge on any atom is 0.475 e. The molecule has 0 radical (unpaired) electrons. The van der Waals surface area contributed by atoms with Crippen molar-refractivity contribution in [3.05, 3.63) is 0 Å². The zero-order valence-corrected chi connectivity index (χ0v) is 17.8. The molecule has 0 spiro atoms. The van der Waals surface area contributed by atoms with Gasteiger partial charge in [-0.2, -0.15) is 0 Å². The minimum atomic E-state index is -3.53. The van der Waals surface area contributed by atoms with Gasteiger partial charge in [0, 0.05) is 0 Å². The van der Waals surface area contributed by atoms with E-state index >= 15 is 0 Å². The Balaban J connectivity index is 5.01. The second-order valence-corrected chi connectivity index (χ2v) is 8.44. The first-order valence-electron chi connectivity index (χ1n) is 10.1. The van der Waals surface area contributed by atoms with Gasteiger partial charge in [-0.3, -0.25) is 13.6 Å². The average molecular weight is 365 g/mol. The molecule has 24 heavy (non-hydrogen) atoms. The van der Waals surface area contributed by atoms with Crippen molar-refractivity contribution in [2.75, 3.05) is 0 Å². The van der Waals surface area contributed by atoms with Crippen LogP contribution in [0.3, 0.4) is 0 Å². The zero-order chi connectivity index (χ0) is 18.4. The molecule has 0 aromatic rings. The van der Waals surface area contributed by atoms with Crippen molar-refractivity contribution < 1.29 is 18.1 Å². The average Bonchev–Trinajstić information content (AvgIpc) is 2.49. The molecule has 0 bridgehead atoms. The molecule has 146 valence electrons. The molecule has 0 aromatic heterocycles. The minimum absolute atomic E-state index is 0.0482. The second-order valence-electron chi connectivity index (χ2n) is 6.92. The minimum Gasteiger partial charge on any atom is -0.284 e. The van der Waals surface area contributed by atoms with Crippen LogP contribution in [0.1, 0.15) is 106 Å². The van der Waals surface area contributed by atoms with Gasteiger partial charge in [-0.05, 0) is 39.5 Å². The molecule has 0 aromatic carbocycles. The molecule has 0 aliphatic heterocycles. The summed E-state index contributed by atoms with van der Waals surface area (Å²) in [6.45, 7) is 12.3. The summed E-state index contributed by atoms with van der Waals surface area (Å²) >= 11 is 0. The van der Waals surface area contributed by atoms with Crippen molar-refractivity contribution in [3.63, 3.8) is 0 Å². The van der Waals surface area contributed by atoms with E-state index in [2.05, 4.69) is 27.7 Å². The molecule has 0 N–H and O–H groups in total. The van der Waals surface area contributed by atoms with Crippen molar-refractivity contribution in [1.82, 2.24) is 0 Å². The predicted molar refractivity (Wildman–Crippen MR) is 102 cm³/mol. The van der Waals surface area contributed by atoms with Crippen LogP contribution in [0.4, 0.5) is 0 Å². The van der Waals surface area contributed by atoms with Gasteiger partial charge in [0.25, 0.3) is 0 Å².